The Morgan fingerprint density at radius 3 is 2.64 bits per heavy atom. The van der Waals surface area contributed by atoms with Gasteiger partial charge in [0.25, 0.3) is 0 Å². The van der Waals surface area contributed by atoms with Gasteiger partial charge in [-0.2, -0.15) is 5.10 Å². The Kier molecular flexibility index (Phi) is 3.52. The summed E-state index contributed by atoms with van der Waals surface area (Å²) < 4.78 is 1.89. The molecule has 0 N–H and O–H groups in total. The Morgan fingerprint density at radius 2 is 1.95 bits per heavy atom. The predicted octanol–water partition coefficient (Wildman–Crippen LogP) is 2.45. The average molecular weight is 296 g/mol. The highest BCUT2D eigenvalue weighted by atomic mass is 15.3. The van der Waals surface area contributed by atoms with Crippen molar-refractivity contribution in [1.29, 1.82) is 0 Å². The zero-order chi connectivity index (χ0) is 15.7. The summed E-state index contributed by atoms with van der Waals surface area (Å²) in [5.74, 6) is 0.885. The molecule has 3 rings (SSSR count). The number of hydrogen-bond acceptors (Lipinski definition) is 5. The molecule has 0 aliphatic heterocycles. The van der Waals surface area contributed by atoms with Gasteiger partial charge in [-0.05, 0) is 6.07 Å². The van der Waals surface area contributed by atoms with Gasteiger partial charge < -0.3 is 4.90 Å². The highest BCUT2D eigenvalue weighted by molar-refractivity contribution is 5.69. The van der Waals surface area contributed by atoms with Crippen LogP contribution in [-0.4, -0.2) is 31.6 Å². The van der Waals surface area contributed by atoms with E-state index in [0.29, 0.717) is 6.54 Å². The molecule has 3 aromatic heterocycles. The van der Waals surface area contributed by atoms with Gasteiger partial charge in [-0.1, -0.05) is 20.8 Å². The third-order valence-electron chi connectivity index (χ3n) is 3.52. The first-order valence-electron chi connectivity index (χ1n) is 7.26. The summed E-state index contributed by atoms with van der Waals surface area (Å²) in [5, 5.41) is 4.66. The lowest BCUT2D eigenvalue weighted by Gasteiger charge is -2.18. The summed E-state index contributed by atoms with van der Waals surface area (Å²) in [6, 6.07) is 2.11. The average Bonchev–Trinajstić information content (AvgIpc) is 2.92. The zero-order valence-corrected chi connectivity index (χ0v) is 13.4. The van der Waals surface area contributed by atoms with E-state index in [1.165, 1.54) is 0 Å². The van der Waals surface area contributed by atoms with Crippen LogP contribution in [0.5, 0.6) is 0 Å². The largest absolute Gasteiger partial charge is 0.352 e. The summed E-state index contributed by atoms with van der Waals surface area (Å²) in [6.45, 7) is 7.12. The van der Waals surface area contributed by atoms with E-state index in [1.54, 1.807) is 24.8 Å². The zero-order valence-electron chi connectivity index (χ0n) is 13.4. The Morgan fingerprint density at radius 1 is 1.14 bits per heavy atom. The van der Waals surface area contributed by atoms with Crippen LogP contribution in [0.15, 0.2) is 37.1 Å². The smallest absolute Gasteiger partial charge is 0.154 e. The molecule has 6 heteroatoms. The number of anilines is 1. The molecule has 3 heterocycles. The van der Waals surface area contributed by atoms with Gasteiger partial charge >= 0.3 is 0 Å². The summed E-state index contributed by atoms with van der Waals surface area (Å²) in [5.41, 5.74) is 2.96. The van der Waals surface area contributed by atoms with Gasteiger partial charge in [0.2, 0.25) is 0 Å². The van der Waals surface area contributed by atoms with Crippen LogP contribution in [0, 0.1) is 0 Å². The van der Waals surface area contributed by atoms with Crippen LogP contribution in [0.1, 0.15) is 32.2 Å². The predicted molar refractivity (Wildman–Crippen MR) is 85.8 cm³/mol. The van der Waals surface area contributed by atoms with Gasteiger partial charge in [0, 0.05) is 37.3 Å². The molecule has 0 radical (unpaired) electrons. The maximum absolute atomic E-state index is 4.66. The normalized spacial score (nSPS) is 11.8. The molecule has 0 spiro atoms. The first kappa shape index (κ1) is 14.4. The fraction of sp³-hybridized carbons (Fsp3) is 0.375. The number of aromatic nitrogens is 5. The molecule has 0 saturated heterocycles. The van der Waals surface area contributed by atoms with Crippen LogP contribution in [-0.2, 0) is 12.0 Å². The number of nitrogens with zero attached hydrogens (tertiary/aromatic N) is 6. The molecule has 0 unspecified atom stereocenters. The van der Waals surface area contributed by atoms with Crippen molar-refractivity contribution in [2.75, 3.05) is 11.9 Å². The third kappa shape index (κ3) is 2.77. The van der Waals surface area contributed by atoms with E-state index in [-0.39, 0.29) is 5.41 Å². The molecular formula is C16H20N6. The Hall–Kier alpha value is -2.50. The topological polar surface area (TPSA) is 59.2 Å². The van der Waals surface area contributed by atoms with Gasteiger partial charge in [-0.25, -0.2) is 9.50 Å². The molecule has 0 bridgehead atoms. The van der Waals surface area contributed by atoms with E-state index >= 15 is 0 Å². The lowest BCUT2D eigenvalue weighted by molar-refractivity contribution is 0.562. The molecule has 0 aliphatic rings. The monoisotopic (exact) mass is 296 g/mol. The van der Waals surface area contributed by atoms with Gasteiger partial charge in [0.1, 0.15) is 5.52 Å². The van der Waals surface area contributed by atoms with Crippen LogP contribution in [0.3, 0.4) is 0 Å². The fourth-order valence-corrected chi connectivity index (χ4v) is 2.30. The molecule has 0 amide bonds. The third-order valence-corrected chi connectivity index (χ3v) is 3.52. The summed E-state index contributed by atoms with van der Waals surface area (Å²) in [4.78, 5) is 15.0. The minimum atomic E-state index is 0.00671. The Balaban J connectivity index is 1.98. The lowest BCUT2D eigenvalue weighted by atomic mass is 9.92. The highest BCUT2D eigenvalue weighted by Crippen LogP contribution is 2.26. The first-order chi connectivity index (χ1) is 10.4. The Labute approximate surface area is 129 Å². The molecule has 0 atom stereocenters. The molecule has 114 valence electrons. The highest BCUT2D eigenvalue weighted by Gasteiger charge is 2.20. The van der Waals surface area contributed by atoms with Crippen LogP contribution in [0.2, 0.25) is 0 Å². The molecule has 0 saturated carbocycles. The van der Waals surface area contributed by atoms with Gasteiger partial charge in [-0.15, -0.1) is 0 Å². The number of hydrogen-bond donors (Lipinski definition) is 0. The van der Waals surface area contributed by atoms with Crippen LogP contribution in [0.4, 0.5) is 5.82 Å². The van der Waals surface area contributed by atoms with Gasteiger partial charge in [0.05, 0.1) is 24.1 Å². The van der Waals surface area contributed by atoms with Crippen LogP contribution in [0.25, 0.3) is 5.52 Å². The van der Waals surface area contributed by atoms with E-state index < -0.39 is 0 Å². The summed E-state index contributed by atoms with van der Waals surface area (Å²) in [7, 11) is 2.00. The molecule has 22 heavy (non-hydrogen) atoms. The minimum Gasteiger partial charge on any atom is -0.352 e. The van der Waals surface area contributed by atoms with E-state index in [1.807, 2.05) is 17.8 Å². The second-order valence-corrected chi connectivity index (χ2v) is 6.41. The molecule has 0 aromatic carbocycles. The summed E-state index contributed by atoms with van der Waals surface area (Å²) in [6.07, 6.45) is 8.80. The second kappa shape index (κ2) is 5.36. The quantitative estimate of drug-likeness (QED) is 0.743. The van der Waals surface area contributed by atoms with Crippen molar-refractivity contribution in [3.63, 3.8) is 0 Å². The Bertz CT molecular complexity index is 772. The maximum atomic E-state index is 4.66. The van der Waals surface area contributed by atoms with Gasteiger partial charge in [-0.3, -0.25) is 9.97 Å². The van der Waals surface area contributed by atoms with E-state index in [2.05, 4.69) is 51.8 Å². The maximum Gasteiger partial charge on any atom is 0.154 e. The molecule has 6 nitrogen and oxygen atoms in total. The van der Waals surface area contributed by atoms with Gasteiger partial charge in [0.15, 0.2) is 5.82 Å². The van der Waals surface area contributed by atoms with E-state index in [9.17, 15) is 0 Å². The lowest BCUT2D eigenvalue weighted by Crippen LogP contribution is -2.19. The van der Waals surface area contributed by atoms with Crippen molar-refractivity contribution in [2.45, 2.75) is 32.7 Å². The van der Waals surface area contributed by atoms with Crippen molar-refractivity contribution in [3.05, 3.63) is 48.4 Å². The van der Waals surface area contributed by atoms with Crippen molar-refractivity contribution in [1.82, 2.24) is 24.6 Å². The molecule has 3 aromatic rings. The summed E-state index contributed by atoms with van der Waals surface area (Å²) >= 11 is 0. The van der Waals surface area contributed by atoms with Crippen molar-refractivity contribution >= 4 is 11.3 Å². The standard InChI is InChI=1S/C16H20N6/c1-16(2,3)14-9-13-15(19-7-8-22(13)20-14)21(4)11-12-10-17-5-6-18-12/h5-10H,11H2,1-4H3. The van der Waals surface area contributed by atoms with Crippen molar-refractivity contribution < 1.29 is 0 Å². The van der Waals surface area contributed by atoms with Crippen LogP contribution < -0.4 is 4.90 Å². The SMILES string of the molecule is CN(Cc1cnccn1)c1nccn2nc(C(C)(C)C)cc12. The molecular weight excluding hydrogens is 276 g/mol. The van der Waals surface area contributed by atoms with Crippen molar-refractivity contribution in [2.24, 2.45) is 0 Å². The van der Waals surface area contributed by atoms with Crippen molar-refractivity contribution in [3.8, 4) is 0 Å². The fourth-order valence-electron chi connectivity index (χ4n) is 2.30. The second-order valence-electron chi connectivity index (χ2n) is 6.41. The first-order valence-corrected chi connectivity index (χ1v) is 7.26. The van der Waals surface area contributed by atoms with E-state index in [0.717, 1.165) is 22.7 Å². The number of fused-ring (bicyclic) bond motifs is 1. The number of rotatable bonds is 3. The molecule has 0 aliphatic carbocycles. The van der Waals surface area contributed by atoms with E-state index in [4.69, 9.17) is 0 Å². The van der Waals surface area contributed by atoms with Crippen LogP contribution >= 0.6 is 0 Å². The molecule has 0 fully saturated rings. The minimum absolute atomic E-state index is 0.00671.